The van der Waals surface area contributed by atoms with Crippen LogP contribution < -0.4 is 5.73 Å². The van der Waals surface area contributed by atoms with Gasteiger partial charge in [0.1, 0.15) is 0 Å². The van der Waals surface area contributed by atoms with Crippen molar-refractivity contribution in [2.45, 2.75) is 20.3 Å². The monoisotopic (exact) mass is 164 g/mol. The summed E-state index contributed by atoms with van der Waals surface area (Å²) < 4.78 is 0. The van der Waals surface area contributed by atoms with E-state index in [1.807, 2.05) is 19.9 Å². The average molecular weight is 164 g/mol. The number of rotatable bonds is 2. The summed E-state index contributed by atoms with van der Waals surface area (Å²) in [6, 6.07) is 1.91. The zero-order chi connectivity index (χ0) is 9.14. The van der Waals surface area contributed by atoms with Crippen LogP contribution in [0.1, 0.15) is 17.0 Å². The summed E-state index contributed by atoms with van der Waals surface area (Å²) in [7, 11) is 0. The number of aryl methyl sites for hydroxylation is 2. The van der Waals surface area contributed by atoms with Crippen LogP contribution in [0.4, 0.5) is 0 Å². The van der Waals surface area contributed by atoms with Crippen LogP contribution in [-0.4, -0.2) is 16.0 Å². The standard InChI is InChI=1S/C8H12N4/c1-5-3-7(4-8(9)10)6(2)12-11-5/h3H,4H2,1-2H3,(H3,9,10). The first-order valence-corrected chi connectivity index (χ1v) is 3.72. The maximum Gasteiger partial charge on any atom is 0.0950 e. The molecule has 1 aromatic rings. The van der Waals surface area contributed by atoms with Gasteiger partial charge in [-0.25, -0.2) is 0 Å². The number of nitrogens with two attached hydrogens (primary N) is 1. The van der Waals surface area contributed by atoms with Crippen molar-refractivity contribution in [1.29, 1.82) is 5.41 Å². The molecule has 3 N–H and O–H groups in total. The van der Waals surface area contributed by atoms with E-state index < -0.39 is 0 Å². The van der Waals surface area contributed by atoms with Gasteiger partial charge in [-0.3, -0.25) is 5.41 Å². The van der Waals surface area contributed by atoms with E-state index in [-0.39, 0.29) is 5.84 Å². The predicted molar refractivity (Wildman–Crippen MR) is 47.1 cm³/mol. The molecule has 0 fully saturated rings. The summed E-state index contributed by atoms with van der Waals surface area (Å²) in [5, 5.41) is 14.9. The van der Waals surface area contributed by atoms with Gasteiger partial charge in [0.25, 0.3) is 0 Å². The van der Waals surface area contributed by atoms with Crippen molar-refractivity contribution < 1.29 is 0 Å². The van der Waals surface area contributed by atoms with Gasteiger partial charge in [-0.05, 0) is 25.5 Å². The molecule has 1 aromatic heterocycles. The first-order valence-electron chi connectivity index (χ1n) is 3.72. The van der Waals surface area contributed by atoms with Gasteiger partial charge >= 0.3 is 0 Å². The van der Waals surface area contributed by atoms with E-state index in [2.05, 4.69) is 10.2 Å². The fourth-order valence-corrected chi connectivity index (χ4v) is 0.988. The SMILES string of the molecule is Cc1cc(CC(=N)N)c(C)nn1. The summed E-state index contributed by atoms with van der Waals surface area (Å²) in [5.41, 5.74) is 7.96. The van der Waals surface area contributed by atoms with Crippen LogP contribution in [-0.2, 0) is 6.42 Å². The topological polar surface area (TPSA) is 75.7 Å². The zero-order valence-electron chi connectivity index (χ0n) is 7.26. The minimum Gasteiger partial charge on any atom is -0.387 e. The fourth-order valence-electron chi connectivity index (χ4n) is 0.988. The van der Waals surface area contributed by atoms with E-state index in [1.165, 1.54) is 0 Å². The van der Waals surface area contributed by atoms with E-state index in [0.717, 1.165) is 17.0 Å². The van der Waals surface area contributed by atoms with E-state index in [0.29, 0.717) is 6.42 Å². The Morgan fingerprint density at radius 1 is 1.50 bits per heavy atom. The molecular weight excluding hydrogens is 152 g/mol. The molecule has 0 atom stereocenters. The van der Waals surface area contributed by atoms with Crippen molar-refractivity contribution in [2.24, 2.45) is 5.73 Å². The first-order chi connectivity index (χ1) is 5.59. The lowest BCUT2D eigenvalue weighted by Crippen LogP contribution is -2.14. The highest BCUT2D eigenvalue weighted by molar-refractivity contribution is 5.79. The normalized spacial score (nSPS) is 9.83. The van der Waals surface area contributed by atoms with Crippen molar-refractivity contribution >= 4 is 5.84 Å². The quantitative estimate of drug-likeness (QED) is 0.495. The van der Waals surface area contributed by atoms with Gasteiger partial charge < -0.3 is 5.73 Å². The van der Waals surface area contributed by atoms with Crippen LogP contribution >= 0.6 is 0 Å². The Morgan fingerprint density at radius 2 is 2.17 bits per heavy atom. The Kier molecular flexibility index (Phi) is 2.38. The number of hydrogen-bond acceptors (Lipinski definition) is 3. The zero-order valence-corrected chi connectivity index (χ0v) is 7.26. The molecule has 0 amide bonds. The molecule has 4 nitrogen and oxygen atoms in total. The minimum absolute atomic E-state index is 0.158. The van der Waals surface area contributed by atoms with Crippen LogP contribution in [0.5, 0.6) is 0 Å². The third-order valence-corrected chi connectivity index (χ3v) is 1.59. The van der Waals surface area contributed by atoms with Crippen LogP contribution in [0, 0.1) is 19.3 Å². The molecule has 0 aliphatic rings. The van der Waals surface area contributed by atoms with Gasteiger partial charge in [-0.2, -0.15) is 10.2 Å². The molecule has 4 heteroatoms. The maximum atomic E-state index is 7.13. The third-order valence-electron chi connectivity index (χ3n) is 1.59. The lowest BCUT2D eigenvalue weighted by molar-refractivity contribution is 0.915. The second-order valence-electron chi connectivity index (χ2n) is 2.80. The Hall–Kier alpha value is -1.45. The number of nitrogens with one attached hydrogen (secondary N) is 1. The van der Waals surface area contributed by atoms with Gasteiger partial charge in [-0.15, -0.1) is 0 Å². The first kappa shape index (κ1) is 8.64. The molecule has 64 valence electrons. The molecule has 1 heterocycles. The second-order valence-corrected chi connectivity index (χ2v) is 2.80. The van der Waals surface area contributed by atoms with Crippen LogP contribution in [0.15, 0.2) is 6.07 Å². The average Bonchev–Trinajstić information content (AvgIpc) is 1.96. The summed E-state index contributed by atoms with van der Waals surface area (Å²) >= 11 is 0. The van der Waals surface area contributed by atoms with Crippen molar-refractivity contribution in [2.75, 3.05) is 0 Å². The van der Waals surface area contributed by atoms with Gasteiger partial charge in [0.05, 0.1) is 17.2 Å². The van der Waals surface area contributed by atoms with E-state index in [4.69, 9.17) is 11.1 Å². The number of nitrogens with zero attached hydrogens (tertiary/aromatic N) is 2. The molecule has 0 saturated heterocycles. The maximum absolute atomic E-state index is 7.13. The summed E-state index contributed by atoms with van der Waals surface area (Å²) in [4.78, 5) is 0. The van der Waals surface area contributed by atoms with Crippen molar-refractivity contribution in [3.05, 3.63) is 23.0 Å². The molecular formula is C8H12N4. The number of amidine groups is 1. The molecule has 0 spiro atoms. The molecule has 0 radical (unpaired) electrons. The summed E-state index contributed by atoms with van der Waals surface area (Å²) in [6.07, 6.45) is 0.461. The second kappa shape index (κ2) is 3.30. The Bertz CT molecular complexity index is 306. The summed E-state index contributed by atoms with van der Waals surface area (Å²) in [6.45, 7) is 3.74. The Balaban J connectivity index is 2.97. The highest BCUT2D eigenvalue weighted by Gasteiger charge is 2.01. The Morgan fingerprint density at radius 3 is 2.75 bits per heavy atom. The van der Waals surface area contributed by atoms with Crippen molar-refractivity contribution in [1.82, 2.24) is 10.2 Å². The van der Waals surface area contributed by atoms with Crippen molar-refractivity contribution in [3.8, 4) is 0 Å². The number of hydrogen-bond donors (Lipinski definition) is 2. The van der Waals surface area contributed by atoms with Gasteiger partial charge in [0.2, 0.25) is 0 Å². The molecule has 0 aromatic carbocycles. The van der Waals surface area contributed by atoms with Gasteiger partial charge in [0.15, 0.2) is 0 Å². The Labute approximate surface area is 71.3 Å². The molecule has 0 bridgehead atoms. The van der Waals surface area contributed by atoms with E-state index >= 15 is 0 Å². The molecule has 0 unspecified atom stereocenters. The molecule has 1 rings (SSSR count). The fraction of sp³-hybridized carbons (Fsp3) is 0.375. The van der Waals surface area contributed by atoms with Gasteiger partial charge in [0, 0.05) is 6.42 Å². The number of aromatic nitrogens is 2. The smallest absolute Gasteiger partial charge is 0.0950 e. The highest BCUT2D eigenvalue weighted by atomic mass is 15.1. The predicted octanol–water partition coefficient (Wildman–Crippen LogP) is 0.572. The molecule has 0 aliphatic carbocycles. The lowest BCUT2D eigenvalue weighted by atomic mass is 10.1. The third kappa shape index (κ3) is 2.02. The minimum atomic E-state index is 0.158. The van der Waals surface area contributed by atoms with Crippen molar-refractivity contribution in [3.63, 3.8) is 0 Å². The van der Waals surface area contributed by atoms with E-state index in [9.17, 15) is 0 Å². The molecule has 0 saturated carbocycles. The summed E-state index contributed by atoms with van der Waals surface area (Å²) in [5.74, 6) is 0.158. The molecule has 12 heavy (non-hydrogen) atoms. The lowest BCUT2D eigenvalue weighted by Gasteiger charge is -2.02. The van der Waals surface area contributed by atoms with Gasteiger partial charge in [-0.1, -0.05) is 0 Å². The van der Waals surface area contributed by atoms with Crippen LogP contribution in [0.2, 0.25) is 0 Å². The van der Waals surface area contributed by atoms with E-state index in [1.54, 1.807) is 0 Å². The highest BCUT2D eigenvalue weighted by Crippen LogP contribution is 2.05. The largest absolute Gasteiger partial charge is 0.387 e. The van der Waals surface area contributed by atoms with Crippen LogP contribution in [0.3, 0.4) is 0 Å². The van der Waals surface area contributed by atoms with Crippen LogP contribution in [0.25, 0.3) is 0 Å². The molecule has 0 aliphatic heterocycles.